The topological polar surface area (TPSA) is 52.9 Å². The van der Waals surface area contributed by atoms with Crippen molar-refractivity contribution in [1.29, 1.82) is 0 Å². The number of rotatable bonds is 4. The Balaban J connectivity index is 1.99. The van der Waals surface area contributed by atoms with E-state index in [1.54, 1.807) is 12.1 Å². The number of hydrogen-bond donors (Lipinski definition) is 2. The van der Waals surface area contributed by atoms with Gasteiger partial charge in [-0.1, -0.05) is 0 Å². The van der Waals surface area contributed by atoms with Gasteiger partial charge in [0.2, 0.25) is 0 Å². The summed E-state index contributed by atoms with van der Waals surface area (Å²) in [5, 5.41) is 19.1. The first-order chi connectivity index (χ1) is 9.06. The number of ether oxygens (including phenoxy) is 1. The minimum atomic E-state index is 0.101. The molecule has 1 fully saturated rings. The molecule has 1 saturated heterocycles. The van der Waals surface area contributed by atoms with E-state index in [1.165, 1.54) is 12.5 Å². The summed E-state index contributed by atoms with van der Waals surface area (Å²) in [4.78, 5) is 2.20. The summed E-state index contributed by atoms with van der Waals surface area (Å²) in [6, 6.07) is 4.87. The molecule has 0 bridgehead atoms. The largest absolute Gasteiger partial charge is 0.508 e. The zero-order chi connectivity index (χ0) is 13.8. The van der Waals surface area contributed by atoms with E-state index in [0.717, 1.165) is 31.6 Å². The van der Waals surface area contributed by atoms with E-state index in [1.807, 2.05) is 7.05 Å². The minimum Gasteiger partial charge on any atom is -0.508 e. The Morgan fingerprint density at radius 2 is 1.95 bits per heavy atom. The van der Waals surface area contributed by atoms with E-state index in [-0.39, 0.29) is 17.5 Å². The Labute approximate surface area is 114 Å². The average molecular weight is 265 g/mol. The van der Waals surface area contributed by atoms with Crippen LogP contribution in [-0.4, -0.2) is 41.4 Å². The van der Waals surface area contributed by atoms with Crippen LogP contribution in [0.3, 0.4) is 0 Å². The number of phenols is 2. The number of likely N-dealkylation sites (N-methyl/N-ethyl adjacent to an activating group) is 1. The molecule has 4 heteroatoms. The number of aromatic hydroxyl groups is 2. The van der Waals surface area contributed by atoms with Crippen molar-refractivity contribution in [1.82, 2.24) is 4.90 Å². The maximum absolute atomic E-state index is 9.54. The third kappa shape index (κ3) is 3.85. The van der Waals surface area contributed by atoms with Gasteiger partial charge in [-0.15, -0.1) is 0 Å². The lowest BCUT2D eigenvalue weighted by Crippen LogP contribution is -2.34. The van der Waals surface area contributed by atoms with Gasteiger partial charge in [0, 0.05) is 25.3 Å². The van der Waals surface area contributed by atoms with Crippen molar-refractivity contribution in [2.24, 2.45) is 0 Å². The highest BCUT2D eigenvalue weighted by Crippen LogP contribution is 2.28. The Bertz CT molecular complexity index is 396. The van der Waals surface area contributed by atoms with Crippen molar-refractivity contribution >= 4 is 0 Å². The maximum Gasteiger partial charge on any atom is 0.119 e. The molecule has 2 rings (SSSR count). The van der Waals surface area contributed by atoms with Crippen LogP contribution in [0.1, 0.15) is 37.8 Å². The summed E-state index contributed by atoms with van der Waals surface area (Å²) in [5.41, 5.74) is 0.913. The van der Waals surface area contributed by atoms with Crippen LogP contribution in [0.4, 0.5) is 0 Å². The maximum atomic E-state index is 9.54. The van der Waals surface area contributed by atoms with E-state index in [2.05, 4.69) is 11.8 Å². The third-order valence-corrected chi connectivity index (χ3v) is 3.83. The van der Waals surface area contributed by atoms with Gasteiger partial charge in [-0.3, -0.25) is 4.90 Å². The standard InChI is InChI=1S/C15H23NO3/c1-11(12-7-13(17)9-14(18)8-12)16(2)10-15-5-3-4-6-19-15/h7-9,11,15,17-18H,3-6,10H2,1-2H3. The summed E-state index contributed by atoms with van der Waals surface area (Å²) >= 11 is 0. The average Bonchev–Trinajstić information content (AvgIpc) is 2.37. The van der Waals surface area contributed by atoms with Gasteiger partial charge in [0.05, 0.1) is 6.10 Å². The molecule has 2 unspecified atom stereocenters. The van der Waals surface area contributed by atoms with Gasteiger partial charge in [0.25, 0.3) is 0 Å². The van der Waals surface area contributed by atoms with E-state index in [9.17, 15) is 10.2 Å². The Hall–Kier alpha value is -1.26. The number of benzene rings is 1. The van der Waals surface area contributed by atoms with Gasteiger partial charge >= 0.3 is 0 Å². The van der Waals surface area contributed by atoms with Gasteiger partial charge in [-0.2, -0.15) is 0 Å². The van der Waals surface area contributed by atoms with E-state index < -0.39 is 0 Å². The lowest BCUT2D eigenvalue weighted by molar-refractivity contribution is -0.00716. The van der Waals surface area contributed by atoms with Crippen molar-refractivity contribution in [3.63, 3.8) is 0 Å². The molecule has 0 saturated carbocycles. The van der Waals surface area contributed by atoms with E-state index >= 15 is 0 Å². The summed E-state index contributed by atoms with van der Waals surface area (Å²) in [6.45, 7) is 3.80. The molecular formula is C15H23NO3. The predicted molar refractivity (Wildman–Crippen MR) is 74.4 cm³/mol. The van der Waals surface area contributed by atoms with Crippen molar-refractivity contribution in [2.75, 3.05) is 20.2 Å². The van der Waals surface area contributed by atoms with Crippen LogP contribution in [0.2, 0.25) is 0 Å². The number of nitrogens with zero attached hydrogens (tertiary/aromatic N) is 1. The number of phenolic OH excluding ortho intramolecular Hbond substituents is 2. The fraction of sp³-hybridized carbons (Fsp3) is 0.600. The van der Waals surface area contributed by atoms with Gasteiger partial charge < -0.3 is 14.9 Å². The van der Waals surface area contributed by atoms with Gasteiger partial charge in [-0.05, 0) is 50.9 Å². The first-order valence-corrected chi connectivity index (χ1v) is 6.91. The van der Waals surface area contributed by atoms with Crippen molar-refractivity contribution in [3.8, 4) is 11.5 Å². The second-order valence-corrected chi connectivity index (χ2v) is 5.39. The van der Waals surface area contributed by atoms with E-state index in [4.69, 9.17) is 4.74 Å². The monoisotopic (exact) mass is 265 g/mol. The van der Waals surface area contributed by atoms with Crippen molar-refractivity contribution in [2.45, 2.75) is 38.3 Å². The molecule has 19 heavy (non-hydrogen) atoms. The first-order valence-electron chi connectivity index (χ1n) is 6.91. The molecule has 1 aliphatic heterocycles. The third-order valence-electron chi connectivity index (χ3n) is 3.83. The SMILES string of the molecule is CC(c1cc(O)cc(O)c1)N(C)CC1CCCCO1. The van der Waals surface area contributed by atoms with Crippen LogP contribution in [0.25, 0.3) is 0 Å². The van der Waals surface area contributed by atoms with Crippen LogP contribution < -0.4 is 0 Å². The van der Waals surface area contributed by atoms with Crippen LogP contribution in [0.5, 0.6) is 11.5 Å². The molecular weight excluding hydrogens is 242 g/mol. The van der Waals surface area contributed by atoms with Gasteiger partial charge in [0.15, 0.2) is 0 Å². The highest BCUT2D eigenvalue weighted by atomic mass is 16.5. The van der Waals surface area contributed by atoms with Crippen LogP contribution in [-0.2, 0) is 4.74 Å². The van der Waals surface area contributed by atoms with Crippen LogP contribution in [0.15, 0.2) is 18.2 Å². The predicted octanol–water partition coefficient (Wildman–Crippen LogP) is 2.66. The summed E-state index contributed by atoms with van der Waals surface area (Å²) in [7, 11) is 2.05. The molecule has 0 aliphatic carbocycles. The zero-order valence-electron chi connectivity index (χ0n) is 11.7. The summed E-state index contributed by atoms with van der Waals surface area (Å²) < 4.78 is 5.74. The molecule has 1 aromatic carbocycles. The van der Waals surface area contributed by atoms with Crippen molar-refractivity contribution in [3.05, 3.63) is 23.8 Å². The van der Waals surface area contributed by atoms with Gasteiger partial charge in [0.1, 0.15) is 11.5 Å². The molecule has 106 valence electrons. The molecule has 2 N–H and O–H groups in total. The van der Waals surface area contributed by atoms with Gasteiger partial charge in [-0.25, -0.2) is 0 Å². The molecule has 0 radical (unpaired) electrons. The summed E-state index contributed by atoms with van der Waals surface area (Å²) in [5.74, 6) is 0.202. The second kappa shape index (κ2) is 6.26. The fourth-order valence-corrected chi connectivity index (χ4v) is 2.54. The lowest BCUT2D eigenvalue weighted by Gasteiger charge is -2.31. The second-order valence-electron chi connectivity index (χ2n) is 5.39. The fourth-order valence-electron chi connectivity index (χ4n) is 2.54. The number of hydrogen-bond acceptors (Lipinski definition) is 4. The Kier molecular flexibility index (Phi) is 4.66. The van der Waals surface area contributed by atoms with Crippen molar-refractivity contribution < 1.29 is 14.9 Å². The first kappa shape index (κ1) is 14.2. The highest BCUT2D eigenvalue weighted by molar-refractivity contribution is 5.37. The molecule has 0 spiro atoms. The Morgan fingerprint density at radius 1 is 1.26 bits per heavy atom. The highest BCUT2D eigenvalue weighted by Gasteiger charge is 2.20. The molecule has 2 atom stereocenters. The molecule has 1 aliphatic rings. The molecule has 1 heterocycles. The molecule has 4 nitrogen and oxygen atoms in total. The Morgan fingerprint density at radius 3 is 2.53 bits per heavy atom. The lowest BCUT2D eigenvalue weighted by atomic mass is 10.0. The normalized spacial score (nSPS) is 21.5. The minimum absolute atomic E-state index is 0.101. The zero-order valence-corrected chi connectivity index (χ0v) is 11.7. The quantitative estimate of drug-likeness (QED) is 0.878. The molecule has 1 aromatic rings. The molecule has 0 aromatic heterocycles. The van der Waals surface area contributed by atoms with Crippen LogP contribution >= 0.6 is 0 Å². The van der Waals surface area contributed by atoms with E-state index in [0.29, 0.717) is 6.10 Å². The molecule has 0 amide bonds. The van der Waals surface area contributed by atoms with Crippen LogP contribution in [0, 0.1) is 0 Å². The summed E-state index contributed by atoms with van der Waals surface area (Å²) in [6.07, 6.45) is 3.81. The smallest absolute Gasteiger partial charge is 0.119 e.